The van der Waals surface area contributed by atoms with Crippen molar-refractivity contribution in [1.29, 1.82) is 0 Å². The predicted molar refractivity (Wildman–Crippen MR) is 146 cm³/mol. The molecule has 1 aliphatic heterocycles. The molecule has 0 bridgehead atoms. The Morgan fingerprint density at radius 3 is 2.15 bits per heavy atom. The smallest absolute Gasteiger partial charge is 0.227 e. The van der Waals surface area contributed by atoms with Gasteiger partial charge in [-0.3, -0.25) is 4.79 Å². The average molecular weight is 484 g/mol. The maximum Gasteiger partial charge on any atom is 0.227 e. The molecule has 1 saturated heterocycles. The van der Waals surface area contributed by atoms with Gasteiger partial charge in [0.2, 0.25) is 5.91 Å². The first kappa shape index (κ1) is 26.7. The van der Waals surface area contributed by atoms with E-state index in [-0.39, 0.29) is 18.3 Å². The molecule has 0 radical (unpaired) electrons. The maximum absolute atomic E-state index is 12.9. The molecule has 0 spiro atoms. The predicted octanol–water partition coefficient (Wildman–Crippen LogP) is 5.36. The molecule has 2 aromatic rings. The van der Waals surface area contributed by atoms with E-state index in [9.17, 15) is 4.79 Å². The zero-order valence-corrected chi connectivity index (χ0v) is 21.3. The molecule has 1 amide bonds. The number of carbonyl (C=O) groups is 1. The SMILES string of the molecule is Cl.O=C(Cc1cccc2ccccc12)N1CCC(CNC/C=C/CNCC2CCCCC2)CC1. The van der Waals surface area contributed by atoms with Crippen LogP contribution in [0.3, 0.4) is 0 Å². The van der Waals surface area contributed by atoms with Crippen molar-refractivity contribution in [3.8, 4) is 0 Å². The molecule has 4 rings (SSSR count). The van der Waals surface area contributed by atoms with Gasteiger partial charge in [-0.2, -0.15) is 0 Å². The molecule has 2 N–H and O–H groups in total. The molecule has 1 heterocycles. The normalized spacial score (nSPS) is 17.8. The van der Waals surface area contributed by atoms with E-state index in [1.807, 2.05) is 0 Å². The summed E-state index contributed by atoms with van der Waals surface area (Å²) >= 11 is 0. The van der Waals surface area contributed by atoms with Crippen LogP contribution in [0.5, 0.6) is 0 Å². The molecule has 1 aliphatic carbocycles. The summed E-state index contributed by atoms with van der Waals surface area (Å²) in [4.78, 5) is 15.0. The zero-order chi connectivity index (χ0) is 22.7. The van der Waals surface area contributed by atoms with Crippen LogP contribution in [-0.4, -0.2) is 50.1 Å². The van der Waals surface area contributed by atoms with Gasteiger partial charge in [0.25, 0.3) is 0 Å². The van der Waals surface area contributed by atoms with Gasteiger partial charge in [0.05, 0.1) is 6.42 Å². The van der Waals surface area contributed by atoms with Gasteiger partial charge < -0.3 is 15.5 Å². The van der Waals surface area contributed by atoms with Crippen LogP contribution in [0.4, 0.5) is 0 Å². The van der Waals surface area contributed by atoms with E-state index in [0.29, 0.717) is 12.3 Å². The van der Waals surface area contributed by atoms with Crippen molar-refractivity contribution in [3.63, 3.8) is 0 Å². The molecule has 0 atom stereocenters. The number of amides is 1. The van der Waals surface area contributed by atoms with Gasteiger partial charge >= 0.3 is 0 Å². The van der Waals surface area contributed by atoms with Crippen LogP contribution in [0.15, 0.2) is 54.6 Å². The number of piperidine rings is 1. The maximum atomic E-state index is 12.9. The first-order valence-electron chi connectivity index (χ1n) is 13.1. The highest BCUT2D eigenvalue weighted by molar-refractivity contribution is 5.90. The monoisotopic (exact) mass is 483 g/mol. The Kier molecular flexibility index (Phi) is 11.4. The van der Waals surface area contributed by atoms with E-state index in [1.54, 1.807) is 0 Å². The number of carbonyl (C=O) groups excluding carboxylic acids is 1. The molecule has 5 heteroatoms. The third kappa shape index (κ3) is 8.11. The highest BCUT2D eigenvalue weighted by atomic mass is 35.5. The number of hydrogen-bond donors (Lipinski definition) is 2. The van der Waals surface area contributed by atoms with Gasteiger partial charge in [-0.1, -0.05) is 73.9 Å². The Bertz CT molecular complexity index is 896. The minimum absolute atomic E-state index is 0. The summed E-state index contributed by atoms with van der Waals surface area (Å²) in [7, 11) is 0. The summed E-state index contributed by atoms with van der Waals surface area (Å²) < 4.78 is 0. The summed E-state index contributed by atoms with van der Waals surface area (Å²) in [5, 5.41) is 9.58. The van der Waals surface area contributed by atoms with Crippen molar-refractivity contribution in [2.75, 3.05) is 39.3 Å². The standard InChI is InChI=1S/C29H41N3O.ClH/c33-29(21-27-13-8-12-26-11-4-5-14-28(26)27)32-19-15-25(16-20-32)23-31-18-7-6-17-30-22-24-9-2-1-3-10-24;/h4-8,11-14,24-25,30-31H,1-3,9-10,15-23H2;1H/b7-6+;. The molecule has 1 saturated carbocycles. The summed E-state index contributed by atoms with van der Waals surface area (Å²) in [5.74, 6) is 1.83. The van der Waals surface area contributed by atoms with E-state index in [1.165, 1.54) is 49.4 Å². The lowest BCUT2D eigenvalue weighted by Gasteiger charge is -2.32. The fraction of sp³-hybridized carbons (Fsp3) is 0.552. The van der Waals surface area contributed by atoms with Crippen LogP contribution < -0.4 is 10.6 Å². The highest BCUT2D eigenvalue weighted by Gasteiger charge is 2.22. The summed E-state index contributed by atoms with van der Waals surface area (Å²) in [6.07, 6.45) is 14.3. The van der Waals surface area contributed by atoms with E-state index < -0.39 is 0 Å². The van der Waals surface area contributed by atoms with Crippen molar-refractivity contribution in [2.45, 2.75) is 51.4 Å². The fourth-order valence-electron chi connectivity index (χ4n) is 5.41. The van der Waals surface area contributed by atoms with Crippen LogP contribution in [0.2, 0.25) is 0 Å². The van der Waals surface area contributed by atoms with Gasteiger partial charge in [-0.25, -0.2) is 0 Å². The molecule has 34 heavy (non-hydrogen) atoms. The minimum atomic E-state index is 0. The van der Waals surface area contributed by atoms with Gasteiger partial charge in [-0.15, -0.1) is 12.4 Å². The third-order valence-corrected chi connectivity index (χ3v) is 7.47. The first-order chi connectivity index (χ1) is 16.3. The Labute approximate surface area is 212 Å². The summed E-state index contributed by atoms with van der Waals surface area (Å²) in [5.41, 5.74) is 1.14. The largest absolute Gasteiger partial charge is 0.342 e. The molecule has 2 aliphatic rings. The molecule has 0 unspecified atom stereocenters. The van der Waals surface area contributed by atoms with Crippen molar-refractivity contribution in [1.82, 2.24) is 15.5 Å². The average Bonchev–Trinajstić information content (AvgIpc) is 2.87. The number of nitrogens with one attached hydrogen (secondary N) is 2. The topological polar surface area (TPSA) is 44.4 Å². The Balaban J connectivity index is 0.00000324. The second-order valence-electron chi connectivity index (χ2n) is 9.93. The van der Waals surface area contributed by atoms with Gasteiger partial charge in [0.15, 0.2) is 0 Å². The second kappa shape index (κ2) is 14.5. The number of rotatable bonds is 10. The van der Waals surface area contributed by atoms with Crippen molar-refractivity contribution in [3.05, 3.63) is 60.2 Å². The lowest BCUT2D eigenvalue weighted by Crippen LogP contribution is -2.41. The van der Waals surface area contributed by atoms with E-state index in [4.69, 9.17) is 0 Å². The number of nitrogens with zero attached hydrogens (tertiary/aromatic N) is 1. The molecule has 186 valence electrons. The van der Waals surface area contributed by atoms with Crippen molar-refractivity contribution in [2.24, 2.45) is 11.8 Å². The first-order valence-corrected chi connectivity index (χ1v) is 13.1. The van der Waals surface area contributed by atoms with Crippen molar-refractivity contribution >= 4 is 29.1 Å². The number of hydrogen-bond acceptors (Lipinski definition) is 3. The van der Waals surface area contributed by atoms with Crippen LogP contribution in [-0.2, 0) is 11.2 Å². The number of benzene rings is 2. The van der Waals surface area contributed by atoms with Gasteiger partial charge in [0.1, 0.15) is 0 Å². The van der Waals surface area contributed by atoms with Crippen molar-refractivity contribution < 1.29 is 4.79 Å². The number of fused-ring (bicyclic) bond motifs is 1. The van der Waals surface area contributed by atoms with Crippen LogP contribution >= 0.6 is 12.4 Å². The minimum Gasteiger partial charge on any atom is -0.342 e. The second-order valence-corrected chi connectivity index (χ2v) is 9.93. The van der Waals surface area contributed by atoms with Gasteiger partial charge in [-0.05, 0) is 66.9 Å². The number of halogens is 1. The highest BCUT2D eigenvalue weighted by Crippen LogP contribution is 2.23. The Morgan fingerprint density at radius 2 is 1.44 bits per heavy atom. The summed E-state index contributed by atoms with van der Waals surface area (Å²) in [6, 6.07) is 14.6. The summed E-state index contributed by atoms with van der Waals surface area (Å²) in [6.45, 7) is 5.91. The van der Waals surface area contributed by atoms with E-state index in [2.05, 4.69) is 70.2 Å². The van der Waals surface area contributed by atoms with E-state index >= 15 is 0 Å². The molecule has 0 aromatic heterocycles. The Morgan fingerprint density at radius 1 is 0.824 bits per heavy atom. The number of likely N-dealkylation sites (tertiary alicyclic amines) is 1. The van der Waals surface area contributed by atoms with Crippen LogP contribution in [0, 0.1) is 11.8 Å². The molecule has 4 nitrogen and oxygen atoms in total. The molecule has 2 aromatic carbocycles. The lowest BCUT2D eigenvalue weighted by molar-refractivity contribution is -0.131. The van der Waals surface area contributed by atoms with Crippen LogP contribution in [0.1, 0.15) is 50.5 Å². The quantitative estimate of drug-likeness (QED) is 0.353. The zero-order valence-electron chi connectivity index (χ0n) is 20.5. The Hall–Kier alpha value is -1.88. The lowest BCUT2D eigenvalue weighted by atomic mass is 9.89. The molecular weight excluding hydrogens is 442 g/mol. The van der Waals surface area contributed by atoms with Gasteiger partial charge in [0, 0.05) is 26.2 Å². The fourth-order valence-corrected chi connectivity index (χ4v) is 5.41. The van der Waals surface area contributed by atoms with E-state index in [0.717, 1.165) is 57.0 Å². The third-order valence-electron chi connectivity index (χ3n) is 7.47. The van der Waals surface area contributed by atoms with Crippen LogP contribution in [0.25, 0.3) is 10.8 Å². The molecule has 2 fully saturated rings. The molecular formula is C29H42ClN3O.